The number of hydrogen-bond acceptors (Lipinski definition) is 4. The van der Waals surface area contributed by atoms with E-state index in [1.54, 1.807) is 18.3 Å². The average molecular weight is 327 g/mol. The fraction of sp³-hybridized carbons (Fsp3) is 0.474. The van der Waals surface area contributed by atoms with Crippen LogP contribution in [0.25, 0.3) is 0 Å². The van der Waals surface area contributed by atoms with Crippen molar-refractivity contribution in [2.24, 2.45) is 5.92 Å². The maximum Gasteiger partial charge on any atom is 0.263 e. The Morgan fingerprint density at radius 1 is 1.33 bits per heavy atom. The third-order valence-electron chi connectivity index (χ3n) is 4.55. The Balaban J connectivity index is 1.81. The van der Waals surface area contributed by atoms with Crippen LogP contribution in [0.15, 0.2) is 36.0 Å². The first-order valence-electron chi connectivity index (χ1n) is 8.52. The standard InChI is InChI=1S/C19H25N3O2/c1-14-4-2-3-5-18(14)22-13-16(12-20)19(24)21-11-10-15-6-8-17(23)9-7-15/h6-9,13-14,18,22-23H,2-5,10-11H2,1H3,(H,21,24)/b16-13-. The maximum atomic E-state index is 12.1. The molecule has 3 N–H and O–H groups in total. The summed E-state index contributed by atoms with van der Waals surface area (Å²) in [6, 6.07) is 9.17. The smallest absolute Gasteiger partial charge is 0.263 e. The summed E-state index contributed by atoms with van der Waals surface area (Å²) >= 11 is 0. The third kappa shape index (κ3) is 5.31. The van der Waals surface area contributed by atoms with Crippen molar-refractivity contribution >= 4 is 5.91 Å². The number of aromatic hydroxyl groups is 1. The van der Waals surface area contributed by atoms with Crippen molar-refractivity contribution < 1.29 is 9.90 Å². The first-order chi connectivity index (χ1) is 11.6. The number of nitriles is 1. The molecule has 0 radical (unpaired) electrons. The number of nitrogens with zero attached hydrogens (tertiary/aromatic N) is 1. The second-order valence-corrected chi connectivity index (χ2v) is 6.38. The minimum absolute atomic E-state index is 0.110. The van der Waals surface area contributed by atoms with E-state index in [0.29, 0.717) is 24.9 Å². The quantitative estimate of drug-likeness (QED) is 0.554. The number of benzene rings is 1. The largest absolute Gasteiger partial charge is 0.508 e. The summed E-state index contributed by atoms with van der Waals surface area (Å²) in [7, 11) is 0. The van der Waals surface area contributed by atoms with Gasteiger partial charge in [-0.25, -0.2) is 0 Å². The zero-order valence-corrected chi connectivity index (χ0v) is 14.1. The van der Waals surface area contributed by atoms with Crippen LogP contribution in [0.2, 0.25) is 0 Å². The first kappa shape index (κ1) is 17.9. The summed E-state index contributed by atoms with van der Waals surface area (Å²) in [5.74, 6) is 0.431. The van der Waals surface area contributed by atoms with Gasteiger partial charge in [-0.2, -0.15) is 5.26 Å². The van der Waals surface area contributed by atoms with E-state index in [-0.39, 0.29) is 17.2 Å². The van der Waals surface area contributed by atoms with Crippen LogP contribution >= 0.6 is 0 Å². The molecule has 1 saturated carbocycles. The van der Waals surface area contributed by atoms with Gasteiger partial charge < -0.3 is 15.7 Å². The van der Waals surface area contributed by atoms with E-state index in [1.165, 1.54) is 19.3 Å². The van der Waals surface area contributed by atoms with E-state index < -0.39 is 0 Å². The minimum Gasteiger partial charge on any atom is -0.508 e. The van der Waals surface area contributed by atoms with E-state index in [9.17, 15) is 15.2 Å². The summed E-state index contributed by atoms with van der Waals surface area (Å²) in [5.41, 5.74) is 1.13. The number of hydrogen-bond donors (Lipinski definition) is 3. The van der Waals surface area contributed by atoms with Gasteiger partial charge in [0, 0.05) is 18.8 Å². The van der Waals surface area contributed by atoms with E-state index >= 15 is 0 Å². The fourth-order valence-corrected chi connectivity index (χ4v) is 2.98. The average Bonchev–Trinajstić information content (AvgIpc) is 2.59. The molecule has 1 amide bonds. The zero-order valence-electron chi connectivity index (χ0n) is 14.1. The van der Waals surface area contributed by atoms with Gasteiger partial charge in [-0.15, -0.1) is 0 Å². The monoisotopic (exact) mass is 327 g/mol. The third-order valence-corrected chi connectivity index (χ3v) is 4.55. The van der Waals surface area contributed by atoms with Gasteiger partial charge in [0.15, 0.2) is 0 Å². The lowest BCUT2D eigenvalue weighted by Crippen LogP contribution is -2.35. The van der Waals surface area contributed by atoms with Crippen LogP contribution < -0.4 is 10.6 Å². The number of phenolic OH excluding ortho intramolecular Hbond substituents is 1. The Labute approximate surface area is 143 Å². The van der Waals surface area contributed by atoms with Gasteiger partial charge in [-0.05, 0) is 42.9 Å². The van der Waals surface area contributed by atoms with E-state index in [1.807, 2.05) is 18.2 Å². The zero-order chi connectivity index (χ0) is 17.4. The van der Waals surface area contributed by atoms with Gasteiger partial charge in [-0.3, -0.25) is 4.79 Å². The Morgan fingerprint density at radius 3 is 2.71 bits per heavy atom. The van der Waals surface area contributed by atoms with Crippen LogP contribution in [-0.2, 0) is 11.2 Å². The minimum atomic E-state index is -0.354. The summed E-state index contributed by atoms with van der Waals surface area (Å²) in [4.78, 5) is 12.1. The van der Waals surface area contributed by atoms with Crippen molar-refractivity contribution in [1.82, 2.24) is 10.6 Å². The number of carbonyl (C=O) groups excluding carboxylic acids is 1. The summed E-state index contributed by atoms with van der Waals surface area (Å²) in [5, 5.41) is 24.4. The molecule has 0 aliphatic heterocycles. The van der Waals surface area contributed by atoms with Crippen molar-refractivity contribution in [3.8, 4) is 11.8 Å². The van der Waals surface area contributed by atoms with E-state index in [2.05, 4.69) is 17.6 Å². The molecule has 128 valence electrons. The van der Waals surface area contributed by atoms with Gasteiger partial charge in [-0.1, -0.05) is 31.9 Å². The van der Waals surface area contributed by atoms with Gasteiger partial charge in [0.2, 0.25) is 0 Å². The van der Waals surface area contributed by atoms with Crippen LogP contribution in [0.3, 0.4) is 0 Å². The fourth-order valence-electron chi connectivity index (χ4n) is 2.98. The Bertz CT molecular complexity index is 616. The summed E-state index contributed by atoms with van der Waals surface area (Å²) < 4.78 is 0. The summed E-state index contributed by atoms with van der Waals surface area (Å²) in [6.45, 7) is 2.65. The molecule has 0 heterocycles. The van der Waals surface area contributed by atoms with Crippen LogP contribution in [0.4, 0.5) is 0 Å². The summed E-state index contributed by atoms with van der Waals surface area (Å²) in [6.07, 6.45) is 6.92. The van der Waals surface area contributed by atoms with Gasteiger partial charge >= 0.3 is 0 Å². The maximum absolute atomic E-state index is 12.1. The molecule has 2 unspecified atom stereocenters. The molecule has 0 spiro atoms. The lowest BCUT2D eigenvalue weighted by Gasteiger charge is -2.29. The SMILES string of the molecule is CC1CCCCC1N/C=C(/C#N)C(=O)NCCc1ccc(O)cc1. The first-order valence-corrected chi connectivity index (χ1v) is 8.52. The molecule has 0 saturated heterocycles. The van der Waals surface area contributed by atoms with Gasteiger partial charge in [0.05, 0.1) is 0 Å². The number of carbonyl (C=O) groups is 1. The van der Waals surface area contributed by atoms with E-state index in [4.69, 9.17) is 0 Å². The van der Waals surface area contributed by atoms with E-state index in [0.717, 1.165) is 12.0 Å². The molecule has 5 nitrogen and oxygen atoms in total. The van der Waals surface area contributed by atoms with Crippen molar-refractivity contribution in [3.05, 3.63) is 41.6 Å². The molecule has 1 aromatic carbocycles. The molecule has 1 aromatic rings. The molecule has 0 aromatic heterocycles. The predicted octanol–water partition coefficient (Wildman–Crippen LogP) is 2.63. The van der Waals surface area contributed by atoms with Crippen LogP contribution in [0.1, 0.15) is 38.2 Å². The van der Waals surface area contributed by atoms with Crippen molar-refractivity contribution in [2.45, 2.75) is 45.1 Å². The topological polar surface area (TPSA) is 85.2 Å². The normalized spacial score (nSPS) is 20.9. The second kappa shape index (κ2) is 8.97. The highest BCUT2D eigenvalue weighted by Crippen LogP contribution is 2.23. The van der Waals surface area contributed by atoms with Crippen LogP contribution in [-0.4, -0.2) is 23.6 Å². The van der Waals surface area contributed by atoms with Gasteiger partial charge in [0.25, 0.3) is 5.91 Å². The molecule has 5 heteroatoms. The second-order valence-electron chi connectivity index (χ2n) is 6.38. The highest BCUT2D eigenvalue weighted by atomic mass is 16.3. The Morgan fingerprint density at radius 2 is 2.04 bits per heavy atom. The number of phenols is 1. The number of nitrogens with one attached hydrogen (secondary N) is 2. The molecule has 2 atom stereocenters. The number of rotatable bonds is 6. The molecular weight excluding hydrogens is 302 g/mol. The van der Waals surface area contributed by atoms with Crippen LogP contribution in [0, 0.1) is 17.2 Å². The lowest BCUT2D eigenvalue weighted by atomic mass is 9.86. The molecule has 1 fully saturated rings. The molecule has 1 aliphatic rings. The van der Waals surface area contributed by atoms with Crippen LogP contribution in [0.5, 0.6) is 5.75 Å². The Kier molecular flexibility index (Phi) is 6.68. The Hall–Kier alpha value is -2.48. The molecule has 0 bridgehead atoms. The molecule has 1 aliphatic carbocycles. The predicted molar refractivity (Wildman–Crippen MR) is 93.1 cm³/mol. The van der Waals surface area contributed by atoms with Crippen molar-refractivity contribution in [1.29, 1.82) is 5.26 Å². The molecular formula is C19H25N3O2. The number of amides is 1. The van der Waals surface area contributed by atoms with Crippen molar-refractivity contribution in [3.63, 3.8) is 0 Å². The van der Waals surface area contributed by atoms with Gasteiger partial charge in [0.1, 0.15) is 17.4 Å². The highest BCUT2D eigenvalue weighted by molar-refractivity contribution is 5.97. The molecule has 2 rings (SSSR count). The molecule has 24 heavy (non-hydrogen) atoms. The van der Waals surface area contributed by atoms with Crippen molar-refractivity contribution in [2.75, 3.05) is 6.54 Å². The highest BCUT2D eigenvalue weighted by Gasteiger charge is 2.20. The lowest BCUT2D eigenvalue weighted by molar-refractivity contribution is -0.117.